The largest absolute Gasteiger partial charge is 0.497 e. The molecule has 4 atom stereocenters. The normalized spacial score (nSPS) is 27.1. The second-order valence-electron chi connectivity index (χ2n) is 9.05. The van der Waals surface area contributed by atoms with Crippen LogP contribution >= 0.6 is 0 Å². The number of ether oxygens (including phenoxy) is 4. The van der Waals surface area contributed by atoms with Gasteiger partial charge in [0.1, 0.15) is 17.6 Å². The van der Waals surface area contributed by atoms with E-state index in [4.69, 9.17) is 18.9 Å². The summed E-state index contributed by atoms with van der Waals surface area (Å²) in [6.07, 6.45) is 4.28. The lowest BCUT2D eigenvalue weighted by atomic mass is 9.71. The molecule has 0 amide bonds. The highest BCUT2D eigenvalue weighted by molar-refractivity contribution is 6.22. The van der Waals surface area contributed by atoms with E-state index in [2.05, 4.69) is 11.0 Å². The van der Waals surface area contributed by atoms with Crippen LogP contribution in [0.2, 0.25) is 0 Å². The van der Waals surface area contributed by atoms with Crippen molar-refractivity contribution in [3.05, 3.63) is 65.9 Å². The van der Waals surface area contributed by atoms with E-state index in [0.29, 0.717) is 12.3 Å². The van der Waals surface area contributed by atoms with Crippen LogP contribution in [0.15, 0.2) is 54.8 Å². The molecular formula is C27H31NO5. The van der Waals surface area contributed by atoms with Crippen molar-refractivity contribution in [3.63, 3.8) is 0 Å². The molecule has 0 aromatic heterocycles. The Morgan fingerprint density at radius 3 is 2.64 bits per heavy atom. The topological polar surface area (TPSA) is 57.2 Å². The maximum atomic E-state index is 13.4. The number of hydrogen-bond acceptors (Lipinski definition) is 6. The number of para-hydroxylation sites is 1. The van der Waals surface area contributed by atoms with Gasteiger partial charge >= 0.3 is 0 Å². The van der Waals surface area contributed by atoms with E-state index in [1.54, 1.807) is 20.5 Å². The lowest BCUT2D eigenvalue weighted by molar-refractivity contribution is -0.169. The number of Topliss-reactive ketones (excluding diaryl/α,β-unsaturated/α-hetero) is 1. The Morgan fingerprint density at radius 1 is 1.03 bits per heavy atom. The quantitative estimate of drug-likeness (QED) is 0.666. The Morgan fingerprint density at radius 2 is 1.85 bits per heavy atom. The van der Waals surface area contributed by atoms with Crippen molar-refractivity contribution in [2.45, 2.75) is 31.5 Å². The molecule has 6 heteroatoms. The van der Waals surface area contributed by atoms with Crippen molar-refractivity contribution < 1.29 is 23.7 Å². The zero-order valence-corrected chi connectivity index (χ0v) is 19.2. The van der Waals surface area contributed by atoms with Crippen LogP contribution in [0.1, 0.15) is 24.0 Å². The van der Waals surface area contributed by atoms with Gasteiger partial charge in [0.05, 0.1) is 44.8 Å². The molecule has 2 aliphatic heterocycles. The highest BCUT2D eigenvalue weighted by Gasteiger charge is 2.48. The van der Waals surface area contributed by atoms with Crippen molar-refractivity contribution in [1.82, 2.24) is 4.90 Å². The van der Waals surface area contributed by atoms with Gasteiger partial charge in [0.2, 0.25) is 0 Å². The molecule has 2 heterocycles. The van der Waals surface area contributed by atoms with Crippen LogP contribution in [0.25, 0.3) is 5.57 Å². The predicted molar refractivity (Wildman–Crippen MR) is 125 cm³/mol. The summed E-state index contributed by atoms with van der Waals surface area (Å²) < 4.78 is 23.2. The molecule has 33 heavy (non-hydrogen) atoms. The maximum absolute atomic E-state index is 13.4. The molecule has 1 saturated heterocycles. The van der Waals surface area contributed by atoms with Crippen LogP contribution in [-0.4, -0.2) is 56.9 Å². The number of methoxy groups -OCH3 is 2. The lowest BCUT2D eigenvalue weighted by Crippen LogP contribution is -2.56. The van der Waals surface area contributed by atoms with Crippen LogP contribution in [-0.2, 0) is 20.7 Å². The van der Waals surface area contributed by atoms with Gasteiger partial charge in [0.25, 0.3) is 0 Å². The Kier molecular flexibility index (Phi) is 6.38. The number of carbonyl (C=O) groups is 1. The minimum atomic E-state index is -0.132. The van der Waals surface area contributed by atoms with Crippen LogP contribution in [0.4, 0.5) is 0 Å². The Hall–Kier alpha value is -2.83. The van der Waals surface area contributed by atoms with Gasteiger partial charge in [-0.1, -0.05) is 30.3 Å². The van der Waals surface area contributed by atoms with E-state index in [0.717, 1.165) is 49.4 Å². The molecule has 0 radical (unpaired) electrons. The van der Waals surface area contributed by atoms with E-state index < -0.39 is 0 Å². The van der Waals surface area contributed by atoms with Crippen LogP contribution in [0.5, 0.6) is 11.5 Å². The monoisotopic (exact) mass is 449 g/mol. The highest BCUT2D eigenvalue weighted by atomic mass is 16.5. The molecule has 4 unspecified atom stereocenters. The molecule has 6 nitrogen and oxygen atoms in total. The molecule has 0 N–H and O–H groups in total. The average molecular weight is 450 g/mol. The second-order valence-corrected chi connectivity index (χ2v) is 9.05. The fraction of sp³-hybridized carbons (Fsp3) is 0.444. The summed E-state index contributed by atoms with van der Waals surface area (Å²) >= 11 is 0. The first kappa shape index (κ1) is 22.0. The molecule has 2 aromatic rings. The van der Waals surface area contributed by atoms with Gasteiger partial charge in [0, 0.05) is 19.0 Å². The van der Waals surface area contributed by atoms with E-state index in [9.17, 15) is 4.79 Å². The number of allylic oxidation sites excluding steroid dienone is 1. The lowest BCUT2D eigenvalue weighted by Gasteiger charge is -2.48. The summed E-state index contributed by atoms with van der Waals surface area (Å²) in [4.78, 5) is 15.7. The molecular weight excluding hydrogens is 418 g/mol. The summed E-state index contributed by atoms with van der Waals surface area (Å²) in [7, 11) is 3.35. The van der Waals surface area contributed by atoms with Gasteiger partial charge in [-0.15, -0.1) is 0 Å². The number of benzene rings is 2. The number of nitrogens with zero attached hydrogens (tertiary/aromatic N) is 1. The average Bonchev–Trinajstić information content (AvgIpc) is 2.87. The number of rotatable bonds is 6. The third kappa shape index (κ3) is 4.37. The molecule has 3 aliphatic rings. The van der Waals surface area contributed by atoms with Gasteiger partial charge in [-0.25, -0.2) is 0 Å². The number of fused-ring (bicyclic) bond motifs is 3. The summed E-state index contributed by atoms with van der Waals surface area (Å²) in [5.41, 5.74) is 2.72. The maximum Gasteiger partial charge on any atom is 0.173 e. The van der Waals surface area contributed by atoms with Gasteiger partial charge in [-0.2, -0.15) is 0 Å². The van der Waals surface area contributed by atoms with Crippen molar-refractivity contribution in [2.75, 3.05) is 34.0 Å². The van der Waals surface area contributed by atoms with Crippen molar-refractivity contribution >= 4 is 11.4 Å². The Balaban J connectivity index is 1.27. The SMILES string of the molecule is COc1ccc(C2=COC3C(CCC4OCN(CCc5ccccc5OC)CC43)C2=O)cc1. The van der Waals surface area contributed by atoms with Gasteiger partial charge < -0.3 is 18.9 Å². The number of ketones is 1. The summed E-state index contributed by atoms with van der Waals surface area (Å²) in [5, 5.41) is 0. The minimum Gasteiger partial charge on any atom is -0.497 e. The Labute approximate surface area is 195 Å². The third-order valence-corrected chi connectivity index (χ3v) is 7.23. The number of hydrogen-bond donors (Lipinski definition) is 0. The third-order valence-electron chi connectivity index (χ3n) is 7.23. The van der Waals surface area contributed by atoms with E-state index >= 15 is 0 Å². The zero-order valence-electron chi connectivity index (χ0n) is 19.2. The summed E-state index contributed by atoms with van der Waals surface area (Å²) in [6, 6.07) is 15.7. The molecule has 1 aliphatic carbocycles. The molecule has 5 rings (SSSR count). The van der Waals surface area contributed by atoms with Gasteiger partial charge in [0.15, 0.2) is 5.78 Å². The molecule has 2 fully saturated rings. The zero-order chi connectivity index (χ0) is 22.8. The molecule has 2 aromatic carbocycles. The summed E-state index contributed by atoms with van der Waals surface area (Å²) in [5.74, 6) is 1.94. The number of carbonyl (C=O) groups excluding carboxylic acids is 1. The van der Waals surface area contributed by atoms with Crippen molar-refractivity contribution in [2.24, 2.45) is 11.8 Å². The second kappa shape index (κ2) is 9.57. The van der Waals surface area contributed by atoms with Gasteiger partial charge in [-0.3, -0.25) is 9.69 Å². The van der Waals surface area contributed by atoms with Crippen LogP contribution in [0, 0.1) is 11.8 Å². The first-order valence-electron chi connectivity index (χ1n) is 11.7. The predicted octanol–water partition coefficient (Wildman–Crippen LogP) is 3.94. The molecule has 0 bridgehead atoms. The molecule has 1 saturated carbocycles. The minimum absolute atomic E-state index is 0.119. The standard InChI is InChI=1S/C27H31NO5/c1-30-20-9-7-18(8-10-20)23-16-32-27-21(26(23)29)11-12-25-22(27)15-28(17-33-25)14-13-19-5-3-4-6-24(19)31-2/h3-10,16,21-22,25,27H,11-15,17H2,1-2H3. The first-order valence-corrected chi connectivity index (χ1v) is 11.7. The smallest absolute Gasteiger partial charge is 0.173 e. The first-order chi connectivity index (χ1) is 16.2. The van der Waals surface area contributed by atoms with Crippen LogP contribution in [0.3, 0.4) is 0 Å². The van der Waals surface area contributed by atoms with E-state index in [-0.39, 0.29) is 29.8 Å². The van der Waals surface area contributed by atoms with Gasteiger partial charge in [-0.05, 0) is 48.6 Å². The van der Waals surface area contributed by atoms with Crippen molar-refractivity contribution in [3.8, 4) is 11.5 Å². The molecule has 0 spiro atoms. The summed E-state index contributed by atoms with van der Waals surface area (Å²) in [6.45, 7) is 2.37. The van der Waals surface area contributed by atoms with Crippen LogP contribution < -0.4 is 9.47 Å². The highest BCUT2D eigenvalue weighted by Crippen LogP contribution is 2.42. The molecule has 174 valence electrons. The van der Waals surface area contributed by atoms with Crippen molar-refractivity contribution in [1.29, 1.82) is 0 Å². The van der Waals surface area contributed by atoms with E-state index in [1.165, 1.54) is 5.56 Å². The van der Waals surface area contributed by atoms with E-state index in [1.807, 2.05) is 42.5 Å². The Bertz CT molecular complexity index is 1020. The fourth-order valence-corrected chi connectivity index (χ4v) is 5.42. The fourth-order valence-electron chi connectivity index (χ4n) is 5.42.